The van der Waals surface area contributed by atoms with Gasteiger partial charge in [-0.25, -0.2) is 0 Å². The molecule has 0 saturated heterocycles. The van der Waals surface area contributed by atoms with E-state index in [0.29, 0.717) is 0 Å². The number of benzene rings is 2. The number of nitriles is 1. The van der Waals surface area contributed by atoms with Crippen LogP contribution in [0.1, 0.15) is 18.0 Å². The van der Waals surface area contributed by atoms with Gasteiger partial charge in [0.05, 0.1) is 19.6 Å². The fourth-order valence-electron chi connectivity index (χ4n) is 2.04. The van der Waals surface area contributed by atoms with E-state index in [1.807, 2.05) is 36.4 Å². The van der Waals surface area contributed by atoms with E-state index in [1.54, 1.807) is 7.11 Å². The molecule has 0 aliphatic rings. The first kappa shape index (κ1) is 14.3. The molecule has 94 valence electrons. The number of halogens is 1. The summed E-state index contributed by atoms with van der Waals surface area (Å²) in [5, 5.41) is 10.9. The van der Waals surface area contributed by atoms with E-state index in [-0.39, 0.29) is 24.9 Å². The van der Waals surface area contributed by atoms with Crippen molar-refractivity contribution in [2.45, 2.75) is 12.5 Å². The Morgan fingerprint density at radius 3 is 2.67 bits per heavy atom. The van der Waals surface area contributed by atoms with Crippen LogP contribution in [0.4, 0.5) is 0 Å². The highest BCUT2D eigenvalue weighted by molar-refractivity contribution is 5.88. The standard InChI is InChI=1S/C14H14N2O.ClH/c1-17-13-7-6-10-4-2-3-5-11(10)14(13)12(16)8-9-15;/h2-7,12H,8,16H2,1H3;1H/t12-;/m0./s1. The highest BCUT2D eigenvalue weighted by Crippen LogP contribution is 2.33. The Hall–Kier alpha value is -1.76. The van der Waals surface area contributed by atoms with Crippen molar-refractivity contribution in [1.82, 2.24) is 0 Å². The lowest BCUT2D eigenvalue weighted by atomic mass is 9.96. The summed E-state index contributed by atoms with van der Waals surface area (Å²) < 4.78 is 5.33. The summed E-state index contributed by atoms with van der Waals surface area (Å²) in [6.07, 6.45) is 0.282. The minimum atomic E-state index is -0.318. The van der Waals surface area contributed by atoms with E-state index >= 15 is 0 Å². The van der Waals surface area contributed by atoms with Gasteiger partial charge in [0.25, 0.3) is 0 Å². The van der Waals surface area contributed by atoms with Crippen LogP contribution in [0.5, 0.6) is 5.75 Å². The van der Waals surface area contributed by atoms with Crippen LogP contribution < -0.4 is 10.5 Å². The Morgan fingerprint density at radius 2 is 2.00 bits per heavy atom. The second kappa shape index (κ2) is 6.25. The molecule has 2 N–H and O–H groups in total. The van der Waals surface area contributed by atoms with Gasteiger partial charge in [-0.2, -0.15) is 5.26 Å². The first-order valence-corrected chi connectivity index (χ1v) is 5.46. The predicted octanol–water partition coefficient (Wildman–Crippen LogP) is 3.18. The molecule has 0 aliphatic carbocycles. The molecule has 0 radical (unpaired) electrons. The van der Waals surface area contributed by atoms with Crippen molar-refractivity contribution in [3.8, 4) is 11.8 Å². The SMILES string of the molecule is COc1ccc2ccccc2c1[C@@H](N)CC#N.Cl. The number of nitrogens with two attached hydrogens (primary N) is 1. The van der Waals surface area contributed by atoms with Crippen LogP contribution in [0.2, 0.25) is 0 Å². The minimum Gasteiger partial charge on any atom is -0.496 e. The van der Waals surface area contributed by atoms with Gasteiger partial charge in [0, 0.05) is 11.6 Å². The average molecular weight is 263 g/mol. The lowest BCUT2D eigenvalue weighted by Crippen LogP contribution is -2.11. The van der Waals surface area contributed by atoms with Crippen LogP contribution in [0.25, 0.3) is 10.8 Å². The Kier molecular flexibility index (Phi) is 4.96. The molecule has 0 heterocycles. The van der Waals surface area contributed by atoms with Crippen LogP contribution in [0, 0.1) is 11.3 Å². The third-order valence-corrected chi connectivity index (χ3v) is 2.83. The zero-order valence-corrected chi connectivity index (χ0v) is 10.9. The van der Waals surface area contributed by atoms with Crippen LogP contribution in [-0.2, 0) is 0 Å². The number of fused-ring (bicyclic) bond motifs is 1. The van der Waals surface area contributed by atoms with Gasteiger partial charge in [-0.1, -0.05) is 30.3 Å². The van der Waals surface area contributed by atoms with E-state index in [4.69, 9.17) is 15.7 Å². The van der Waals surface area contributed by atoms with Gasteiger partial charge in [0.15, 0.2) is 0 Å². The molecular formula is C14H15ClN2O. The molecule has 0 bridgehead atoms. The molecule has 2 aromatic carbocycles. The van der Waals surface area contributed by atoms with Gasteiger partial charge in [-0.05, 0) is 16.8 Å². The van der Waals surface area contributed by atoms with E-state index in [0.717, 1.165) is 22.1 Å². The van der Waals surface area contributed by atoms with Gasteiger partial charge in [0.1, 0.15) is 5.75 Å². The Bertz CT molecular complexity index is 578. The topological polar surface area (TPSA) is 59.0 Å². The first-order valence-electron chi connectivity index (χ1n) is 5.46. The van der Waals surface area contributed by atoms with E-state index < -0.39 is 0 Å². The molecule has 0 saturated carbocycles. The highest BCUT2D eigenvalue weighted by atomic mass is 35.5. The summed E-state index contributed by atoms with van der Waals surface area (Å²) in [7, 11) is 1.62. The molecule has 2 rings (SSSR count). The van der Waals surface area contributed by atoms with Crippen LogP contribution in [0.3, 0.4) is 0 Å². The number of methoxy groups -OCH3 is 1. The second-order valence-electron chi connectivity index (χ2n) is 3.87. The molecule has 0 aromatic heterocycles. The Balaban J connectivity index is 0.00000162. The fraction of sp³-hybridized carbons (Fsp3) is 0.214. The maximum atomic E-state index is 8.76. The summed E-state index contributed by atoms with van der Waals surface area (Å²) in [6, 6.07) is 13.7. The lowest BCUT2D eigenvalue weighted by molar-refractivity contribution is 0.407. The van der Waals surface area contributed by atoms with Crippen molar-refractivity contribution in [1.29, 1.82) is 5.26 Å². The molecule has 18 heavy (non-hydrogen) atoms. The monoisotopic (exact) mass is 262 g/mol. The molecule has 3 nitrogen and oxygen atoms in total. The van der Waals surface area contributed by atoms with Gasteiger partial charge in [-0.15, -0.1) is 12.4 Å². The van der Waals surface area contributed by atoms with Gasteiger partial charge < -0.3 is 10.5 Å². The smallest absolute Gasteiger partial charge is 0.124 e. The van der Waals surface area contributed by atoms with Crippen molar-refractivity contribution in [3.63, 3.8) is 0 Å². The molecule has 0 aliphatic heterocycles. The van der Waals surface area contributed by atoms with Gasteiger partial charge in [0.2, 0.25) is 0 Å². The molecule has 1 atom stereocenters. The highest BCUT2D eigenvalue weighted by Gasteiger charge is 2.15. The molecule has 0 fully saturated rings. The molecule has 4 heteroatoms. The zero-order chi connectivity index (χ0) is 12.3. The van der Waals surface area contributed by atoms with Crippen LogP contribution >= 0.6 is 12.4 Å². The largest absolute Gasteiger partial charge is 0.496 e. The van der Waals surface area contributed by atoms with E-state index in [9.17, 15) is 0 Å². The first-order chi connectivity index (χ1) is 8.27. The van der Waals surface area contributed by atoms with Gasteiger partial charge in [-0.3, -0.25) is 0 Å². The summed E-state index contributed by atoms with van der Waals surface area (Å²) in [4.78, 5) is 0. The van der Waals surface area contributed by atoms with Crippen molar-refractivity contribution < 1.29 is 4.74 Å². The van der Waals surface area contributed by atoms with Crippen LogP contribution in [-0.4, -0.2) is 7.11 Å². The van der Waals surface area contributed by atoms with Crippen molar-refractivity contribution in [3.05, 3.63) is 42.0 Å². The second-order valence-corrected chi connectivity index (χ2v) is 3.87. The summed E-state index contributed by atoms with van der Waals surface area (Å²) in [6.45, 7) is 0. The Morgan fingerprint density at radius 1 is 1.28 bits per heavy atom. The average Bonchev–Trinajstić information content (AvgIpc) is 2.37. The maximum absolute atomic E-state index is 8.76. The summed E-state index contributed by atoms with van der Waals surface area (Å²) >= 11 is 0. The molecular weight excluding hydrogens is 248 g/mol. The third kappa shape index (κ3) is 2.56. The number of hydrogen-bond acceptors (Lipinski definition) is 3. The summed E-state index contributed by atoms with van der Waals surface area (Å²) in [5.74, 6) is 0.742. The lowest BCUT2D eigenvalue weighted by Gasteiger charge is -2.16. The quantitative estimate of drug-likeness (QED) is 0.924. The third-order valence-electron chi connectivity index (χ3n) is 2.83. The minimum absolute atomic E-state index is 0. The summed E-state index contributed by atoms with van der Waals surface area (Å²) in [5.41, 5.74) is 6.95. The Labute approximate surface area is 113 Å². The predicted molar refractivity (Wildman–Crippen MR) is 74.9 cm³/mol. The number of ether oxygens (including phenoxy) is 1. The zero-order valence-electron chi connectivity index (χ0n) is 10.1. The number of rotatable bonds is 3. The van der Waals surface area contributed by atoms with Crippen molar-refractivity contribution in [2.24, 2.45) is 5.73 Å². The molecule has 2 aromatic rings. The van der Waals surface area contributed by atoms with Gasteiger partial charge >= 0.3 is 0 Å². The van der Waals surface area contributed by atoms with E-state index in [2.05, 4.69) is 6.07 Å². The molecule has 0 spiro atoms. The number of hydrogen-bond donors (Lipinski definition) is 1. The molecule has 0 unspecified atom stereocenters. The fourth-order valence-corrected chi connectivity index (χ4v) is 2.04. The van der Waals surface area contributed by atoms with Crippen LogP contribution in [0.15, 0.2) is 36.4 Å². The molecule has 0 amide bonds. The van der Waals surface area contributed by atoms with Crippen molar-refractivity contribution in [2.75, 3.05) is 7.11 Å². The van der Waals surface area contributed by atoms with Crippen molar-refractivity contribution >= 4 is 23.2 Å². The normalized spacial score (nSPS) is 11.4. The van der Waals surface area contributed by atoms with E-state index in [1.165, 1.54) is 0 Å². The number of nitrogens with zero attached hydrogens (tertiary/aromatic N) is 1. The maximum Gasteiger partial charge on any atom is 0.124 e.